The van der Waals surface area contributed by atoms with Gasteiger partial charge in [-0.2, -0.15) is 0 Å². The van der Waals surface area contributed by atoms with Crippen LogP contribution in [0.1, 0.15) is 38.1 Å². The van der Waals surface area contributed by atoms with Crippen LogP contribution in [0.5, 0.6) is 5.75 Å². The van der Waals surface area contributed by atoms with E-state index in [4.69, 9.17) is 5.73 Å². The summed E-state index contributed by atoms with van der Waals surface area (Å²) in [5.41, 5.74) is 6.13. The molecule has 5 heteroatoms. The Kier molecular flexibility index (Phi) is 3.63. The zero-order valence-electron chi connectivity index (χ0n) is 12.2. The van der Waals surface area contributed by atoms with Crippen LogP contribution in [0.2, 0.25) is 0 Å². The second kappa shape index (κ2) is 4.74. The van der Waals surface area contributed by atoms with Gasteiger partial charge in [-0.1, -0.05) is 43.6 Å². The summed E-state index contributed by atoms with van der Waals surface area (Å²) in [7, 11) is 0. The van der Waals surface area contributed by atoms with Gasteiger partial charge in [0, 0.05) is 27.4 Å². The number of nitrogens with one attached hydrogen (secondary N) is 1. The summed E-state index contributed by atoms with van der Waals surface area (Å²) in [5, 5.41) is 12.9. The van der Waals surface area contributed by atoms with Crippen molar-refractivity contribution < 1.29 is 9.90 Å². The summed E-state index contributed by atoms with van der Waals surface area (Å²) in [6, 6.07) is 4.85. The number of hydrogen-bond acceptors (Lipinski definition) is 3. The molecule has 1 aromatic carbocycles. The third kappa shape index (κ3) is 2.23. The molecule has 0 heterocycles. The number of nitrogens with two attached hydrogens (primary N) is 1. The molecule has 1 fully saturated rings. The first-order valence-electron chi connectivity index (χ1n) is 6.63. The Morgan fingerprint density at radius 3 is 2.35 bits per heavy atom. The molecule has 4 nitrogen and oxygen atoms in total. The highest BCUT2D eigenvalue weighted by Crippen LogP contribution is 2.52. The first kappa shape index (κ1) is 15.3. The van der Waals surface area contributed by atoms with Gasteiger partial charge in [0.05, 0.1) is 5.56 Å². The molecular weight excluding hydrogens is 320 g/mol. The first-order chi connectivity index (χ1) is 9.08. The smallest absolute Gasteiger partial charge is 0.255 e. The Morgan fingerprint density at radius 1 is 1.30 bits per heavy atom. The van der Waals surface area contributed by atoms with E-state index in [0.717, 1.165) is 4.47 Å². The molecule has 0 spiro atoms. The number of phenolic OH excluding ortho intramolecular Hbond substituents is 1. The minimum absolute atomic E-state index is 0.0267. The van der Waals surface area contributed by atoms with Crippen molar-refractivity contribution in [1.29, 1.82) is 0 Å². The van der Waals surface area contributed by atoms with Gasteiger partial charge in [-0.25, -0.2) is 0 Å². The van der Waals surface area contributed by atoms with Crippen molar-refractivity contribution in [2.75, 3.05) is 0 Å². The fourth-order valence-corrected chi connectivity index (χ4v) is 3.81. The zero-order valence-corrected chi connectivity index (χ0v) is 13.8. The fraction of sp³-hybridized carbons (Fsp3) is 0.533. The van der Waals surface area contributed by atoms with Gasteiger partial charge in [0.15, 0.2) is 0 Å². The monoisotopic (exact) mass is 340 g/mol. The number of amides is 1. The summed E-state index contributed by atoms with van der Waals surface area (Å²) in [4.78, 5) is 12.3. The zero-order chi connectivity index (χ0) is 15.3. The second-order valence-electron chi connectivity index (χ2n) is 6.69. The standard InChI is InChI=1S/C15H21BrN2O2/c1-14(2)12(17)15(3,4)13(14)18-11(20)9-6-5-8(16)7-10(9)19/h5-7,12-13,19H,17H2,1-4H3,(H,18,20). The number of hydrogen-bond donors (Lipinski definition) is 3. The topological polar surface area (TPSA) is 75.3 Å². The van der Waals surface area contributed by atoms with Crippen LogP contribution in [0.3, 0.4) is 0 Å². The SMILES string of the molecule is CC1(C)C(N)C(C)(C)C1NC(=O)c1ccc(Br)cc1O. The highest BCUT2D eigenvalue weighted by molar-refractivity contribution is 9.10. The van der Waals surface area contributed by atoms with Gasteiger partial charge >= 0.3 is 0 Å². The molecule has 1 aliphatic rings. The van der Waals surface area contributed by atoms with Crippen LogP contribution >= 0.6 is 15.9 Å². The van der Waals surface area contributed by atoms with Gasteiger partial charge in [0.1, 0.15) is 5.75 Å². The van der Waals surface area contributed by atoms with Crippen molar-refractivity contribution in [2.24, 2.45) is 16.6 Å². The maximum Gasteiger partial charge on any atom is 0.255 e. The normalized spacial score (nSPS) is 26.7. The Hall–Kier alpha value is -1.07. The summed E-state index contributed by atoms with van der Waals surface area (Å²) >= 11 is 3.26. The Bertz CT molecular complexity index is 539. The van der Waals surface area contributed by atoms with Crippen molar-refractivity contribution >= 4 is 21.8 Å². The van der Waals surface area contributed by atoms with Gasteiger partial charge in [0.2, 0.25) is 0 Å². The Labute approximate surface area is 127 Å². The predicted molar refractivity (Wildman–Crippen MR) is 82.6 cm³/mol. The molecule has 0 radical (unpaired) electrons. The van der Waals surface area contributed by atoms with Crippen LogP contribution in [-0.4, -0.2) is 23.1 Å². The largest absolute Gasteiger partial charge is 0.507 e. The lowest BCUT2D eigenvalue weighted by atomic mass is 9.48. The van der Waals surface area contributed by atoms with Gasteiger partial charge in [-0.3, -0.25) is 4.79 Å². The van der Waals surface area contributed by atoms with Gasteiger partial charge in [-0.15, -0.1) is 0 Å². The van der Waals surface area contributed by atoms with E-state index >= 15 is 0 Å². The van der Waals surface area contributed by atoms with E-state index in [2.05, 4.69) is 48.9 Å². The molecule has 0 unspecified atom stereocenters. The average molecular weight is 341 g/mol. The van der Waals surface area contributed by atoms with Crippen LogP contribution in [0, 0.1) is 10.8 Å². The molecule has 2 rings (SSSR count). The molecule has 1 aromatic rings. The van der Waals surface area contributed by atoms with E-state index in [0.29, 0.717) is 0 Å². The molecule has 1 saturated carbocycles. The van der Waals surface area contributed by atoms with Crippen LogP contribution < -0.4 is 11.1 Å². The van der Waals surface area contributed by atoms with Crippen molar-refractivity contribution in [1.82, 2.24) is 5.32 Å². The van der Waals surface area contributed by atoms with Gasteiger partial charge in [0.25, 0.3) is 5.91 Å². The molecule has 20 heavy (non-hydrogen) atoms. The molecule has 4 N–H and O–H groups in total. The minimum atomic E-state index is -0.270. The van der Waals surface area contributed by atoms with Gasteiger partial charge < -0.3 is 16.2 Å². The number of phenols is 1. The maximum atomic E-state index is 12.3. The van der Waals surface area contributed by atoms with E-state index < -0.39 is 0 Å². The summed E-state index contributed by atoms with van der Waals surface area (Å²) in [6.45, 7) is 8.20. The van der Waals surface area contributed by atoms with Crippen LogP contribution in [0.4, 0.5) is 0 Å². The lowest BCUT2D eigenvalue weighted by molar-refractivity contribution is -0.0663. The molecule has 1 aliphatic carbocycles. The number of carbonyl (C=O) groups excluding carboxylic acids is 1. The fourth-order valence-electron chi connectivity index (χ4n) is 3.46. The second-order valence-corrected chi connectivity index (χ2v) is 7.60. The van der Waals surface area contributed by atoms with Crippen LogP contribution in [0.25, 0.3) is 0 Å². The van der Waals surface area contributed by atoms with E-state index in [-0.39, 0.29) is 40.1 Å². The lowest BCUT2D eigenvalue weighted by Crippen LogP contribution is -2.76. The number of benzene rings is 1. The number of halogens is 1. The predicted octanol–water partition coefficient (Wildman–Crippen LogP) is 2.65. The lowest BCUT2D eigenvalue weighted by Gasteiger charge is -2.62. The van der Waals surface area contributed by atoms with Crippen molar-refractivity contribution in [3.63, 3.8) is 0 Å². The molecule has 1 amide bonds. The highest BCUT2D eigenvalue weighted by Gasteiger charge is 2.60. The third-order valence-electron chi connectivity index (χ3n) is 4.57. The van der Waals surface area contributed by atoms with E-state index in [1.165, 1.54) is 6.07 Å². The van der Waals surface area contributed by atoms with Crippen molar-refractivity contribution in [3.05, 3.63) is 28.2 Å². The molecule has 0 aromatic heterocycles. The molecule has 0 aliphatic heterocycles. The molecule has 0 saturated heterocycles. The number of rotatable bonds is 2. The van der Waals surface area contributed by atoms with E-state index in [1.807, 2.05) is 0 Å². The number of aromatic hydroxyl groups is 1. The average Bonchev–Trinajstić information content (AvgIpc) is 2.34. The van der Waals surface area contributed by atoms with Crippen molar-refractivity contribution in [2.45, 2.75) is 39.8 Å². The summed E-state index contributed by atoms with van der Waals surface area (Å²) in [5.74, 6) is -0.302. The van der Waals surface area contributed by atoms with Gasteiger partial charge in [-0.05, 0) is 18.2 Å². The molecular formula is C15H21BrN2O2. The van der Waals surface area contributed by atoms with Crippen molar-refractivity contribution in [3.8, 4) is 5.75 Å². The Balaban J connectivity index is 2.20. The third-order valence-corrected chi connectivity index (χ3v) is 5.06. The quantitative estimate of drug-likeness (QED) is 0.774. The van der Waals surface area contributed by atoms with Crippen LogP contribution in [-0.2, 0) is 0 Å². The summed E-state index contributed by atoms with van der Waals surface area (Å²) < 4.78 is 0.734. The van der Waals surface area contributed by atoms with E-state index in [1.54, 1.807) is 12.1 Å². The Morgan fingerprint density at radius 2 is 1.85 bits per heavy atom. The first-order valence-corrected chi connectivity index (χ1v) is 7.42. The maximum absolute atomic E-state index is 12.3. The van der Waals surface area contributed by atoms with E-state index in [9.17, 15) is 9.90 Å². The summed E-state index contributed by atoms with van der Waals surface area (Å²) in [6.07, 6.45) is 0. The van der Waals surface area contributed by atoms with Crippen LogP contribution in [0.15, 0.2) is 22.7 Å². The molecule has 0 atom stereocenters. The highest BCUT2D eigenvalue weighted by atomic mass is 79.9. The molecule has 110 valence electrons. The number of carbonyl (C=O) groups is 1. The molecule has 0 bridgehead atoms. The minimum Gasteiger partial charge on any atom is -0.507 e.